The summed E-state index contributed by atoms with van der Waals surface area (Å²) in [5.41, 5.74) is 3.32. The lowest BCUT2D eigenvalue weighted by molar-refractivity contribution is 0.866. The molecule has 0 saturated heterocycles. The Kier molecular flexibility index (Phi) is 5.23. The Morgan fingerprint density at radius 3 is 2.44 bits per heavy atom. The Balaban J connectivity index is 1.90. The van der Waals surface area contributed by atoms with Gasteiger partial charge in [-0.05, 0) is 36.6 Å². The highest BCUT2D eigenvalue weighted by Gasteiger charge is 2.12. The van der Waals surface area contributed by atoms with Crippen LogP contribution >= 0.6 is 0 Å². The minimum Gasteiger partial charge on any atom is -0.325 e. The first-order chi connectivity index (χ1) is 12.2. The molecule has 0 fully saturated rings. The van der Waals surface area contributed by atoms with Gasteiger partial charge in [-0.2, -0.15) is 10.1 Å². The number of para-hydroxylation sites is 2. The number of nitrogens with one attached hydrogen (secondary N) is 1. The van der Waals surface area contributed by atoms with Crippen LogP contribution in [0.3, 0.4) is 0 Å². The molecule has 3 rings (SSSR count). The summed E-state index contributed by atoms with van der Waals surface area (Å²) in [5.74, 6) is 1.68. The molecule has 0 aliphatic carbocycles. The minimum absolute atomic E-state index is 0.413. The van der Waals surface area contributed by atoms with Gasteiger partial charge >= 0.3 is 0 Å². The lowest BCUT2D eigenvalue weighted by atomic mass is 10.0. The van der Waals surface area contributed by atoms with Gasteiger partial charge in [-0.3, -0.25) is 0 Å². The van der Waals surface area contributed by atoms with Crippen LogP contribution in [-0.4, -0.2) is 21.7 Å². The zero-order chi connectivity index (χ0) is 17.6. The molecule has 0 radical (unpaired) electrons. The van der Waals surface area contributed by atoms with Crippen LogP contribution in [0.15, 0.2) is 60.8 Å². The van der Waals surface area contributed by atoms with E-state index >= 15 is 0 Å². The van der Waals surface area contributed by atoms with Gasteiger partial charge in [-0.1, -0.05) is 50.2 Å². The Labute approximate surface area is 148 Å². The van der Waals surface area contributed by atoms with Crippen LogP contribution in [0.25, 0.3) is 0 Å². The molecule has 0 unspecified atom stereocenters. The van der Waals surface area contributed by atoms with Crippen LogP contribution < -0.4 is 10.2 Å². The van der Waals surface area contributed by atoms with E-state index in [2.05, 4.69) is 64.4 Å². The van der Waals surface area contributed by atoms with Crippen molar-refractivity contribution in [3.8, 4) is 0 Å². The fourth-order valence-corrected chi connectivity index (χ4v) is 2.80. The molecule has 0 aliphatic rings. The van der Waals surface area contributed by atoms with Gasteiger partial charge in [0.1, 0.15) is 0 Å². The number of nitrogens with zero attached hydrogens (tertiary/aromatic N) is 4. The molecule has 5 heteroatoms. The molecule has 0 amide bonds. The van der Waals surface area contributed by atoms with Gasteiger partial charge in [0.15, 0.2) is 5.82 Å². The molecule has 25 heavy (non-hydrogen) atoms. The van der Waals surface area contributed by atoms with Crippen LogP contribution in [0.2, 0.25) is 0 Å². The molecule has 3 aromatic rings. The van der Waals surface area contributed by atoms with E-state index in [4.69, 9.17) is 0 Å². The van der Waals surface area contributed by atoms with Crippen molar-refractivity contribution in [3.63, 3.8) is 0 Å². The lowest BCUT2D eigenvalue weighted by Gasteiger charge is -2.22. The van der Waals surface area contributed by atoms with Crippen molar-refractivity contribution in [2.24, 2.45) is 0 Å². The van der Waals surface area contributed by atoms with E-state index in [0.717, 1.165) is 23.7 Å². The topological polar surface area (TPSA) is 53.9 Å². The first kappa shape index (κ1) is 16.9. The Bertz CT molecular complexity index is 817. The first-order valence-corrected chi connectivity index (χ1v) is 8.57. The molecule has 2 aromatic carbocycles. The van der Waals surface area contributed by atoms with Gasteiger partial charge in [0.2, 0.25) is 5.95 Å². The van der Waals surface area contributed by atoms with E-state index in [1.54, 1.807) is 6.20 Å². The van der Waals surface area contributed by atoms with Gasteiger partial charge in [-0.25, -0.2) is 0 Å². The third-order valence-corrected chi connectivity index (χ3v) is 4.04. The summed E-state index contributed by atoms with van der Waals surface area (Å²) in [4.78, 5) is 6.76. The summed E-state index contributed by atoms with van der Waals surface area (Å²) in [6.07, 6.45) is 1.69. The Hall–Kier alpha value is -2.95. The highest BCUT2D eigenvalue weighted by atomic mass is 15.3. The number of benzene rings is 2. The van der Waals surface area contributed by atoms with Crippen LogP contribution in [-0.2, 0) is 0 Å². The largest absolute Gasteiger partial charge is 0.325 e. The van der Waals surface area contributed by atoms with E-state index in [1.165, 1.54) is 5.56 Å². The smallest absolute Gasteiger partial charge is 0.249 e. The summed E-state index contributed by atoms with van der Waals surface area (Å²) in [6.45, 7) is 7.23. The average Bonchev–Trinajstić information content (AvgIpc) is 2.64. The Morgan fingerprint density at radius 2 is 1.72 bits per heavy atom. The van der Waals surface area contributed by atoms with E-state index in [1.807, 2.05) is 36.4 Å². The molecule has 128 valence electrons. The molecule has 5 nitrogen and oxygen atoms in total. The van der Waals surface area contributed by atoms with Gasteiger partial charge in [0.05, 0.1) is 6.20 Å². The van der Waals surface area contributed by atoms with Crippen LogP contribution in [0, 0.1) is 0 Å². The molecule has 1 N–H and O–H groups in total. The zero-order valence-electron chi connectivity index (χ0n) is 14.8. The molecular weight excluding hydrogens is 310 g/mol. The molecule has 0 spiro atoms. The van der Waals surface area contributed by atoms with Crippen molar-refractivity contribution in [2.75, 3.05) is 16.8 Å². The van der Waals surface area contributed by atoms with Gasteiger partial charge in [-0.15, -0.1) is 5.10 Å². The predicted octanol–water partition coefficient (Wildman–Crippen LogP) is 4.90. The molecular formula is C20H23N5. The second kappa shape index (κ2) is 7.75. The standard InChI is InChI=1S/C20H23N5/c1-4-25(16-10-6-5-7-11-16)19-14-21-24-20(23-19)22-18-13-9-8-12-17(18)15(2)3/h5-15H,4H2,1-3H3,(H,22,23,24). The zero-order valence-corrected chi connectivity index (χ0v) is 14.8. The summed E-state index contributed by atoms with van der Waals surface area (Å²) >= 11 is 0. The quantitative estimate of drug-likeness (QED) is 0.695. The highest BCUT2D eigenvalue weighted by Crippen LogP contribution is 2.27. The third kappa shape index (κ3) is 3.94. The predicted molar refractivity (Wildman–Crippen MR) is 103 cm³/mol. The second-order valence-corrected chi connectivity index (χ2v) is 6.08. The van der Waals surface area contributed by atoms with Crippen molar-refractivity contribution in [3.05, 3.63) is 66.4 Å². The van der Waals surface area contributed by atoms with Gasteiger partial charge < -0.3 is 10.2 Å². The van der Waals surface area contributed by atoms with Crippen molar-refractivity contribution < 1.29 is 0 Å². The maximum atomic E-state index is 4.66. The number of rotatable bonds is 6. The number of hydrogen-bond donors (Lipinski definition) is 1. The molecule has 0 bridgehead atoms. The third-order valence-electron chi connectivity index (χ3n) is 4.04. The molecule has 0 atom stereocenters. The molecule has 1 aromatic heterocycles. The molecule has 1 heterocycles. The fraction of sp³-hybridized carbons (Fsp3) is 0.250. The summed E-state index contributed by atoms with van der Waals surface area (Å²) in [5, 5.41) is 11.6. The van der Waals surface area contributed by atoms with Crippen molar-refractivity contribution in [1.82, 2.24) is 15.2 Å². The SMILES string of the molecule is CCN(c1ccccc1)c1cnnc(Nc2ccccc2C(C)C)n1. The van der Waals surface area contributed by atoms with E-state index in [9.17, 15) is 0 Å². The second-order valence-electron chi connectivity index (χ2n) is 6.08. The van der Waals surface area contributed by atoms with E-state index < -0.39 is 0 Å². The van der Waals surface area contributed by atoms with E-state index in [-0.39, 0.29) is 0 Å². The number of anilines is 4. The van der Waals surface area contributed by atoms with Crippen LogP contribution in [0.4, 0.5) is 23.1 Å². The fourth-order valence-electron chi connectivity index (χ4n) is 2.80. The van der Waals surface area contributed by atoms with Crippen molar-refractivity contribution in [1.29, 1.82) is 0 Å². The van der Waals surface area contributed by atoms with Gasteiger partial charge in [0.25, 0.3) is 0 Å². The molecule has 0 saturated carbocycles. The van der Waals surface area contributed by atoms with Crippen molar-refractivity contribution in [2.45, 2.75) is 26.7 Å². The minimum atomic E-state index is 0.413. The number of hydrogen-bond acceptors (Lipinski definition) is 5. The lowest BCUT2D eigenvalue weighted by Crippen LogP contribution is -2.18. The summed E-state index contributed by atoms with van der Waals surface area (Å²) < 4.78 is 0. The van der Waals surface area contributed by atoms with Crippen LogP contribution in [0.1, 0.15) is 32.3 Å². The normalized spacial score (nSPS) is 10.7. The summed E-state index contributed by atoms with van der Waals surface area (Å²) in [6, 6.07) is 18.4. The van der Waals surface area contributed by atoms with Crippen LogP contribution in [0.5, 0.6) is 0 Å². The highest BCUT2D eigenvalue weighted by molar-refractivity contribution is 5.63. The van der Waals surface area contributed by atoms with Gasteiger partial charge in [0, 0.05) is 17.9 Å². The van der Waals surface area contributed by atoms with Crippen molar-refractivity contribution >= 4 is 23.1 Å². The van der Waals surface area contributed by atoms with E-state index in [0.29, 0.717) is 11.9 Å². The Morgan fingerprint density at radius 1 is 1.00 bits per heavy atom. The maximum Gasteiger partial charge on any atom is 0.249 e. The number of aromatic nitrogens is 3. The monoisotopic (exact) mass is 333 g/mol. The average molecular weight is 333 g/mol. The maximum absolute atomic E-state index is 4.66. The molecule has 0 aliphatic heterocycles. The first-order valence-electron chi connectivity index (χ1n) is 8.57. The summed E-state index contributed by atoms with van der Waals surface area (Å²) in [7, 11) is 0.